The van der Waals surface area contributed by atoms with Crippen molar-refractivity contribution in [2.45, 2.75) is 18.9 Å². The predicted octanol–water partition coefficient (Wildman–Crippen LogP) is 2.91. The topological polar surface area (TPSA) is 9.72 Å². The zero-order chi connectivity index (χ0) is 19.6. The van der Waals surface area contributed by atoms with Gasteiger partial charge in [-0.1, -0.05) is 12.1 Å². The fraction of sp³-hybridized carbons (Fsp3) is 0.520. The minimum absolute atomic E-state index is 0.477. The largest absolute Gasteiger partial charge is 0.374 e. The maximum atomic E-state index is 2.66. The molecule has 29 heavy (non-hydrogen) atoms. The number of rotatable bonds is 3. The summed E-state index contributed by atoms with van der Waals surface area (Å²) in [5.74, 6) is 0. The van der Waals surface area contributed by atoms with E-state index in [-0.39, 0.29) is 0 Å². The Morgan fingerprint density at radius 3 is 1.66 bits per heavy atom. The minimum Gasteiger partial charge on any atom is -0.374 e. The lowest BCUT2D eigenvalue weighted by Gasteiger charge is -2.54. The third-order valence-corrected chi connectivity index (χ3v) is 8.23. The van der Waals surface area contributed by atoms with Crippen LogP contribution in [0.4, 0.5) is 11.4 Å². The van der Waals surface area contributed by atoms with E-state index in [9.17, 15) is 0 Å². The fourth-order valence-corrected chi connectivity index (χ4v) is 6.42. The number of piperazine rings is 3. The molecule has 2 aromatic carbocycles. The van der Waals surface area contributed by atoms with Gasteiger partial charge in [0.15, 0.2) is 0 Å². The van der Waals surface area contributed by atoms with Crippen LogP contribution in [0.15, 0.2) is 36.4 Å². The van der Waals surface area contributed by atoms with E-state index >= 15 is 0 Å². The number of anilines is 2. The summed E-state index contributed by atoms with van der Waals surface area (Å²) in [4.78, 5) is 7.48. The quantitative estimate of drug-likeness (QED) is 0.748. The van der Waals surface area contributed by atoms with E-state index in [2.05, 4.69) is 65.2 Å². The Labute approximate surface area is 174 Å². The molecule has 4 heteroatoms. The molecule has 5 aliphatic rings. The third kappa shape index (κ3) is 2.72. The second-order valence-electron chi connectivity index (χ2n) is 9.75. The highest BCUT2D eigenvalue weighted by atomic mass is 15.5. The van der Waals surface area contributed by atoms with E-state index in [0.29, 0.717) is 6.04 Å². The monoisotopic (exact) mass is 389 g/mol. The standard InChI is InChI=1S/C25H33N4/c1-26-9-7-19-17-21(3-5-23(19)26)25(29-14-11-28(12-15-29)13-16-29)22-4-6-24-20(18-22)8-10-27(24)2/h3-6,17-18,25H,7-16H2,1-2H3/q+1. The summed E-state index contributed by atoms with van der Waals surface area (Å²) >= 11 is 0. The lowest BCUT2D eigenvalue weighted by molar-refractivity contribution is -0.963. The van der Waals surface area contributed by atoms with E-state index in [4.69, 9.17) is 0 Å². The first-order valence-electron chi connectivity index (χ1n) is 11.4. The molecule has 0 N–H and O–H groups in total. The van der Waals surface area contributed by atoms with Crippen LogP contribution in [0.25, 0.3) is 0 Å². The normalized spacial score (nSPS) is 27.6. The average Bonchev–Trinajstić information content (AvgIpc) is 3.32. The van der Waals surface area contributed by atoms with Crippen LogP contribution in [-0.4, -0.2) is 75.8 Å². The number of fused-ring (bicyclic) bond motifs is 5. The summed E-state index contributed by atoms with van der Waals surface area (Å²) in [6.45, 7) is 9.97. The van der Waals surface area contributed by atoms with Gasteiger partial charge in [0.2, 0.25) is 0 Å². The molecular weight excluding hydrogens is 356 g/mol. The predicted molar refractivity (Wildman–Crippen MR) is 120 cm³/mol. The van der Waals surface area contributed by atoms with E-state index < -0.39 is 0 Å². The third-order valence-electron chi connectivity index (χ3n) is 8.23. The molecule has 0 amide bonds. The van der Waals surface area contributed by atoms with Crippen LogP contribution in [-0.2, 0) is 12.8 Å². The molecule has 2 aromatic rings. The zero-order valence-corrected chi connectivity index (χ0v) is 17.9. The molecule has 3 saturated heterocycles. The molecule has 0 atom stereocenters. The highest BCUT2D eigenvalue weighted by Crippen LogP contribution is 2.42. The SMILES string of the molecule is CN1CCc2cc(C(c3ccc4c(c3)CCN4C)[N+]34CCN(CC3)CC4)ccc21. The second-order valence-corrected chi connectivity index (χ2v) is 9.75. The molecule has 0 spiro atoms. The zero-order valence-electron chi connectivity index (χ0n) is 17.9. The summed E-state index contributed by atoms with van der Waals surface area (Å²) in [7, 11) is 4.46. The molecule has 0 radical (unpaired) electrons. The number of benzene rings is 2. The molecule has 7 rings (SSSR count). The number of quaternary nitrogens is 1. The van der Waals surface area contributed by atoms with E-state index in [1.807, 2.05) is 0 Å². The number of hydrogen-bond donors (Lipinski definition) is 0. The maximum Gasteiger partial charge on any atom is 0.141 e. The van der Waals surface area contributed by atoms with E-state index in [1.165, 1.54) is 68.0 Å². The molecule has 5 aliphatic heterocycles. The van der Waals surface area contributed by atoms with Crippen LogP contribution >= 0.6 is 0 Å². The molecule has 0 unspecified atom stereocenters. The van der Waals surface area contributed by atoms with Crippen molar-refractivity contribution in [1.82, 2.24) is 4.90 Å². The molecule has 0 saturated carbocycles. The van der Waals surface area contributed by atoms with Crippen molar-refractivity contribution in [3.63, 3.8) is 0 Å². The first-order valence-corrected chi connectivity index (χ1v) is 11.4. The number of hydrogen-bond acceptors (Lipinski definition) is 3. The molecule has 2 bridgehead atoms. The molecular formula is C25H33N4+. The Balaban J connectivity index is 1.47. The van der Waals surface area contributed by atoms with Gasteiger partial charge in [-0.15, -0.1) is 0 Å². The molecule has 5 heterocycles. The lowest BCUT2D eigenvalue weighted by Crippen LogP contribution is -2.68. The fourth-order valence-electron chi connectivity index (χ4n) is 6.42. The van der Waals surface area contributed by atoms with Crippen molar-refractivity contribution >= 4 is 11.4 Å². The van der Waals surface area contributed by atoms with Gasteiger partial charge in [-0.25, -0.2) is 0 Å². The first-order chi connectivity index (χ1) is 14.1. The van der Waals surface area contributed by atoms with Crippen molar-refractivity contribution in [3.8, 4) is 0 Å². The van der Waals surface area contributed by atoms with Gasteiger partial charge in [0.1, 0.15) is 6.04 Å². The van der Waals surface area contributed by atoms with Crippen molar-refractivity contribution in [3.05, 3.63) is 58.7 Å². The van der Waals surface area contributed by atoms with Gasteiger partial charge in [0.25, 0.3) is 0 Å². The van der Waals surface area contributed by atoms with Crippen LogP contribution in [0, 0.1) is 0 Å². The van der Waals surface area contributed by atoms with Crippen LogP contribution in [0.1, 0.15) is 28.3 Å². The highest BCUT2D eigenvalue weighted by Gasteiger charge is 2.46. The van der Waals surface area contributed by atoms with Gasteiger partial charge in [-0.2, -0.15) is 0 Å². The summed E-state index contributed by atoms with van der Waals surface area (Å²) in [6.07, 6.45) is 2.38. The number of nitrogens with zero attached hydrogens (tertiary/aromatic N) is 4. The molecule has 0 aliphatic carbocycles. The van der Waals surface area contributed by atoms with Crippen molar-refractivity contribution in [1.29, 1.82) is 0 Å². The Morgan fingerprint density at radius 2 is 1.17 bits per heavy atom. The average molecular weight is 390 g/mol. The Bertz CT molecular complexity index is 869. The minimum atomic E-state index is 0.477. The van der Waals surface area contributed by atoms with E-state index in [1.54, 1.807) is 22.3 Å². The molecule has 3 fully saturated rings. The van der Waals surface area contributed by atoms with Crippen LogP contribution in [0.5, 0.6) is 0 Å². The highest BCUT2D eigenvalue weighted by molar-refractivity contribution is 5.61. The molecule has 152 valence electrons. The van der Waals surface area contributed by atoms with Gasteiger partial charge in [-0.05, 0) is 48.2 Å². The Morgan fingerprint density at radius 1 is 0.690 bits per heavy atom. The van der Waals surface area contributed by atoms with Crippen molar-refractivity contribution in [2.24, 2.45) is 0 Å². The van der Waals surface area contributed by atoms with Crippen LogP contribution < -0.4 is 9.80 Å². The van der Waals surface area contributed by atoms with Crippen molar-refractivity contribution < 1.29 is 4.48 Å². The second kappa shape index (κ2) is 6.48. The smallest absolute Gasteiger partial charge is 0.141 e. The lowest BCUT2D eigenvalue weighted by atomic mass is 9.89. The van der Waals surface area contributed by atoms with Gasteiger partial charge in [0, 0.05) is 69.3 Å². The summed E-state index contributed by atoms with van der Waals surface area (Å²) in [6, 6.07) is 15.3. The maximum absolute atomic E-state index is 2.66. The number of likely N-dealkylation sites (N-methyl/N-ethyl adjacent to an activating group) is 2. The molecule has 4 nitrogen and oxygen atoms in total. The van der Waals surface area contributed by atoms with Gasteiger partial charge in [0.05, 0.1) is 19.6 Å². The Kier molecular flexibility index (Phi) is 3.97. The van der Waals surface area contributed by atoms with Crippen LogP contribution in [0.3, 0.4) is 0 Å². The summed E-state index contributed by atoms with van der Waals surface area (Å²) in [5, 5.41) is 0. The summed E-state index contributed by atoms with van der Waals surface area (Å²) in [5.41, 5.74) is 9.05. The molecule has 0 aromatic heterocycles. The Hall–Kier alpha value is -2.04. The summed E-state index contributed by atoms with van der Waals surface area (Å²) < 4.78 is 1.25. The van der Waals surface area contributed by atoms with E-state index in [0.717, 1.165) is 13.1 Å². The van der Waals surface area contributed by atoms with Crippen molar-refractivity contribution in [2.75, 3.05) is 76.3 Å². The van der Waals surface area contributed by atoms with Gasteiger partial charge in [-0.3, -0.25) is 4.90 Å². The van der Waals surface area contributed by atoms with Gasteiger partial charge < -0.3 is 14.3 Å². The first kappa shape index (κ1) is 17.8. The van der Waals surface area contributed by atoms with Gasteiger partial charge >= 0.3 is 0 Å². The van der Waals surface area contributed by atoms with Crippen LogP contribution in [0.2, 0.25) is 0 Å².